The van der Waals surface area contributed by atoms with Crippen LogP contribution in [0.5, 0.6) is 0 Å². The smallest absolute Gasteiger partial charge is 0.306 e. The van der Waals surface area contributed by atoms with E-state index >= 15 is 0 Å². The number of carbonyl (C=O) groups excluding carboxylic acids is 3. The van der Waals surface area contributed by atoms with Gasteiger partial charge in [0.15, 0.2) is 11.6 Å². The van der Waals surface area contributed by atoms with Gasteiger partial charge in [0.25, 0.3) is 0 Å². The van der Waals surface area contributed by atoms with Gasteiger partial charge in [-0.05, 0) is 80.9 Å². The molecule has 5 heteroatoms. The number of hydrogen-bond acceptors (Lipinski definition) is 5. The second-order valence-electron chi connectivity index (χ2n) is 10.4. The Balaban J connectivity index is 1.55. The average molecular weight is 426 g/mol. The second kappa shape index (κ2) is 8.16. The van der Waals surface area contributed by atoms with E-state index in [4.69, 9.17) is 10.5 Å². The Hall–Kier alpha value is -2.01. The maximum Gasteiger partial charge on any atom is 0.306 e. The van der Waals surface area contributed by atoms with E-state index in [1.807, 2.05) is 6.08 Å². The lowest BCUT2D eigenvalue weighted by Crippen LogP contribution is -2.45. The molecule has 4 rings (SSSR count). The van der Waals surface area contributed by atoms with E-state index in [1.165, 1.54) is 11.1 Å². The summed E-state index contributed by atoms with van der Waals surface area (Å²) in [5.41, 5.74) is 7.84. The summed E-state index contributed by atoms with van der Waals surface area (Å²) >= 11 is 0. The molecule has 0 bridgehead atoms. The Labute approximate surface area is 185 Å². The van der Waals surface area contributed by atoms with Gasteiger partial charge in [-0.2, -0.15) is 0 Å². The Morgan fingerprint density at radius 1 is 1.29 bits per heavy atom. The predicted octanol–water partition coefficient (Wildman–Crippen LogP) is 3.93. The topological polar surface area (TPSA) is 86.5 Å². The number of carbonyl (C=O) groups is 3. The summed E-state index contributed by atoms with van der Waals surface area (Å²) < 4.78 is 5.29. The van der Waals surface area contributed by atoms with Crippen LogP contribution in [0.1, 0.15) is 59.3 Å². The van der Waals surface area contributed by atoms with Crippen molar-refractivity contribution in [2.75, 3.05) is 13.2 Å². The number of esters is 1. The fraction of sp³-hybridized carbons (Fsp3) is 0.654. The van der Waals surface area contributed by atoms with Gasteiger partial charge in [0, 0.05) is 17.8 Å². The van der Waals surface area contributed by atoms with Crippen LogP contribution in [0.25, 0.3) is 0 Å². The van der Waals surface area contributed by atoms with E-state index in [0.29, 0.717) is 24.8 Å². The van der Waals surface area contributed by atoms with E-state index in [2.05, 4.69) is 32.9 Å². The molecule has 0 radical (unpaired) electrons. The number of fused-ring (bicyclic) bond motifs is 5. The molecule has 4 aliphatic rings. The van der Waals surface area contributed by atoms with Gasteiger partial charge in [0.1, 0.15) is 6.61 Å². The zero-order valence-electron chi connectivity index (χ0n) is 19.0. The number of ether oxygens (including phenoxy) is 1. The van der Waals surface area contributed by atoms with Crippen molar-refractivity contribution in [2.24, 2.45) is 40.2 Å². The van der Waals surface area contributed by atoms with Gasteiger partial charge in [0.05, 0.1) is 0 Å². The fourth-order valence-corrected chi connectivity index (χ4v) is 7.14. The lowest BCUT2D eigenvalue weighted by Gasteiger charge is -2.52. The molecule has 0 aromatic carbocycles. The first-order valence-electron chi connectivity index (χ1n) is 11.7. The molecule has 2 fully saturated rings. The van der Waals surface area contributed by atoms with Gasteiger partial charge in [-0.25, -0.2) is 0 Å². The largest absolute Gasteiger partial charge is 0.458 e. The molecule has 31 heavy (non-hydrogen) atoms. The summed E-state index contributed by atoms with van der Waals surface area (Å²) in [6, 6.07) is 0. The van der Waals surface area contributed by atoms with Gasteiger partial charge in [0.2, 0.25) is 0 Å². The minimum atomic E-state index is -0.338. The summed E-state index contributed by atoms with van der Waals surface area (Å²) in [5.74, 6) is 0.863. The average Bonchev–Trinajstić information content (AvgIpc) is 3.01. The molecule has 5 nitrogen and oxygen atoms in total. The fourth-order valence-electron chi connectivity index (χ4n) is 7.14. The summed E-state index contributed by atoms with van der Waals surface area (Å²) in [4.78, 5) is 37.0. The number of hydrogen-bond donors (Lipinski definition) is 1. The number of nitrogens with two attached hydrogens (primary N) is 1. The summed E-state index contributed by atoms with van der Waals surface area (Å²) in [6.07, 6.45) is 12.7. The van der Waals surface area contributed by atoms with Crippen molar-refractivity contribution in [3.63, 3.8) is 0 Å². The summed E-state index contributed by atoms with van der Waals surface area (Å²) in [5, 5.41) is 0. The Bertz CT molecular complexity index is 884. The Kier molecular flexibility index (Phi) is 5.84. The molecular formula is C26H35NO4. The van der Waals surface area contributed by atoms with Crippen molar-refractivity contribution in [3.8, 4) is 0 Å². The quantitative estimate of drug-likeness (QED) is 0.515. The second-order valence-corrected chi connectivity index (χ2v) is 10.4. The van der Waals surface area contributed by atoms with E-state index in [9.17, 15) is 14.4 Å². The first kappa shape index (κ1) is 22.2. The molecule has 0 heterocycles. The summed E-state index contributed by atoms with van der Waals surface area (Å²) in [7, 11) is 0. The van der Waals surface area contributed by atoms with Crippen molar-refractivity contribution < 1.29 is 19.1 Å². The minimum absolute atomic E-state index is 0.0567. The van der Waals surface area contributed by atoms with Crippen LogP contribution in [0.15, 0.2) is 35.5 Å². The predicted molar refractivity (Wildman–Crippen MR) is 119 cm³/mol. The molecule has 0 aromatic heterocycles. The Morgan fingerprint density at radius 3 is 2.81 bits per heavy atom. The standard InChI is InChI=1S/C26H35NO4/c1-16-13-21-19-7-6-17-14-18(28)8-10-25(17,2)20(19)9-11-26(21,3)24(16)22(29)15-31-23(30)5-4-12-27/h8-10,14,16,19,21,24H,4-7,11-13,15,27H2,1-3H3. The molecule has 0 spiro atoms. The molecule has 0 aromatic rings. The molecule has 2 N–H and O–H groups in total. The van der Waals surface area contributed by atoms with E-state index in [0.717, 1.165) is 25.7 Å². The lowest BCUT2D eigenvalue weighted by atomic mass is 9.52. The third kappa shape index (κ3) is 3.65. The van der Waals surface area contributed by atoms with Gasteiger partial charge in [-0.3, -0.25) is 14.4 Å². The monoisotopic (exact) mass is 425 g/mol. The number of ketones is 2. The highest BCUT2D eigenvalue weighted by molar-refractivity contribution is 6.01. The maximum absolute atomic E-state index is 13.2. The molecule has 0 amide bonds. The molecule has 4 aliphatic carbocycles. The highest BCUT2D eigenvalue weighted by Crippen LogP contribution is 2.65. The van der Waals surface area contributed by atoms with Crippen LogP contribution in [0.3, 0.4) is 0 Å². The highest BCUT2D eigenvalue weighted by atomic mass is 16.5. The SMILES string of the molecule is CC1CC2C3CCC4=CC(=O)C=CC4(C)C3=CCC2(C)C1C(=O)COC(=O)CCCN. The first-order valence-corrected chi connectivity index (χ1v) is 11.7. The van der Waals surface area contributed by atoms with Crippen molar-refractivity contribution in [1.82, 2.24) is 0 Å². The minimum Gasteiger partial charge on any atom is -0.458 e. The number of Topliss-reactive ketones (excluding diaryl/α,β-unsaturated/α-hetero) is 1. The van der Waals surface area contributed by atoms with Crippen LogP contribution in [0.4, 0.5) is 0 Å². The maximum atomic E-state index is 13.2. The van der Waals surface area contributed by atoms with E-state index in [1.54, 1.807) is 6.08 Å². The molecule has 0 aliphatic heterocycles. The summed E-state index contributed by atoms with van der Waals surface area (Å²) in [6.45, 7) is 7.00. The lowest BCUT2D eigenvalue weighted by molar-refractivity contribution is -0.150. The van der Waals surface area contributed by atoms with Crippen LogP contribution in [0, 0.1) is 34.5 Å². The number of allylic oxidation sites excluding steroid dienone is 6. The van der Waals surface area contributed by atoms with Crippen LogP contribution in [0.2, 0.25) is 0 Å². The van der Waals surface area contributed by atoms with Crippen LogP contribution in [-0.4, -0.2) is 30.7 Å². The molecule has 6 atom stereocenters. The number of rotatable bonds is 6. The zero-order valence-corrected chi connectivity index (χ0v) is 19.0. The molecule has 6 unspecified atom stereocenters. The van der Waals surface area contributed by atoms with Gasteiger partial charge in [-0.15, -0.1) is 0 Å². The molecular weight excluding hydrogens is 390 g/mol. The normalized spacial score (nSPS) is 38.5. The molecule has 2 saturated carbocycles. The van der Waals surface area contributed by atoms with Crippen LogP contribution < -0.4 is 5.73 Å². The molecule has 168 valence electrons. The van der Waals surface area contributed by atoms with Crippen molar-refractivity contribution in [3.05, 3.63) is 35.5 Å². The van der Waals surface area contributed by atoms with Crippen molar-refractivity contribution in [2.45, 2.75) is 59.3 Å². The van der Waals surface area contributed by atoms with Crippen LogP contribution in [-0.2, 0) is 19.1 Å². The zero-order chi connectivity index (χ0) is 22.4. The van der Waals surface area contributed by atoms with Crippen molar-refractivity contribution >= 4 is 17.5 Å². The van der Waals surface area contributed by atoms with Crippen LogP contribution >= 0.6 is 0 Å². The van der Waals surface area contributed by atoms with E-state index < -0.39 is 0 Å². The van der Waals surface area contributed by atoms with Crippen molar-refractivity contribution in [1.29, 1.82) is 0 Å². The Morgan fingerprint density at radius 2 is 2.06 bits per heavy atom. The van der Waals surface area contributed by atoms with E-state index in [-0.39, 0.29) is 53.2 Å². The third-order valence-electron chi connectivity index (χ3n) is 8.60. The molecule has 0 saturated heterocycles. The highest BCUT2D eigenvalue weighted by Gasteiger charge is 2.59. The van der Waals surface area contributed by atoms with Gasteiger partial charge >= 0.3 is 5.97 Å². The third-order valence-corrected chi connectivity index (χ3v) is 8.60. The first-order chi connectivity index (χ1) is 14.7. The van der Waals surface area contributed by atoms with Gasteiger partial charge in [-0.1, -0.05) is 37.1 Å². The van der Waals surface area contributed by atoms with Gasteiger partial charge < -0.3 is 10.5 Å².